The molecule has 0 bridgehead atoms. The monoisotopic (exact) mass is 344 g/mol. The van der Waals surface area contributed by atoms with Crippen molar-refractivity contribution in [2.75, 3.05) is 16.2 Å². The molecule has 2 aromatic rings. The van der Waals surface area contributed by atoms with Crippen LogP contribution in [0.3, 0.4) is 0 Å². The lowest BCUT2D eigenvalue weighted by Gasteiger charge is -2.15. The molecule has 6 heteroatoms. The number of carbonyl (C=O) groups is 1. The Morgan fingerprint density at radius 2 is 1.88 bits per heavy atom. The van der Waals surface area contributed by atoms with Crippen LogP contribution in [0, 0.1) is 6.92 Å². The Kier molecular flexibility index (Phi) is 4.32. The van der Waals surface area contributed by atoms with Gasteiger partial charge in [-0.05, 0) is 42.7 Å². The Bertz CT molecular complexity index is 874. The summed E-state index contributed by atoms with van der Waals surface area (Å²) in [5, 5.41) is 0. The van der Waals surface area contributed by atoms with E-state index in [0.717, 1.165) is 28.8 Å². The number of nitrogens with one attached hydrogen (secondary N) is 1. The lowest BCUT2D eigenvalue weighted by Crippen LogP contribution is -2.25. The van der Waals surface area contributed by atoms with Gasteiger partial charge in [0.05, 0.1) is 5.75 Å². The quantitative estimate of drug-likeness (QED) is 0.927. The summed E-state index contributed by atoms with van der Waals surface area (Å²) in [5.74, 6) is -0.0642. The van der Waals surface area contributed by atoms with Gasteiger partial charge in [-0.1, -0.05) is 29.8 Å². The van der Waals surface area contributed by atoms with Crippen molar-refractivity contribution in [3.63, 3.8) is 0 Å². The molecule has 1 aliphatic heterocycles. The highest BCUT2D eigenvalue weighted by Crippen LogP contribution is 2.31. The number of carbonyl (C=O) groups excluding carboxylic acids is 1. The number of hydrogen-bond donors (Lipinski definition) is 1. The highest BCUT2D eigenvalue weighted by atomic mass is 32.2. The van der Waals surface area contributed by atoms with E-state index < -0.39 is 10.0 Å². The number of benzene rings is 2. The van der Waals surface area contributed by atoms with E-state index in [0.29, 0.717) is 12.2 Å². The van der Waals surface area contributed by atoms with E-state index >= 15 is 0 Å². The van der Waals surface area contributed by atoms with Crippen LogP contribution in [0.1, 0.15) is 23.6 Å². The normalized spacial score (nSPS) is 13.7. The van der Waals surface area contributed by atoms with Gasteiger partial charge in [0.1, 0.15) is 0 Å². The second-order valence-corrected chi connectivity index (χ2v) is 7.83. The first kappa shape index (κ1) is 16.5. The lowest BCUT2D eigenvalue weighted by molar-refractivity contribution is -0.116. The topological polar surface area (TPSA) is 66.5 Å². The van der Waals surface area contributed by atoms with Gasteiger partial charge in [0, 0.05) is 24.8 Å². The number of fused-ring (bicyclic) bond motifs is 1. The molecular weight excluding hydrogens is 324 g/mol. The summed E-state index contributed by atoms with van der Waals surface area (Å²) in [6, 6.07) is 12.8. The fourth-order valence-electron chi connectivity index (χ4n) is 2.91. The molecule has 1 N–H and O–H groups in total. The summed E-state index contributed by atoms with van der Waals surface area (Å²) in [6.07, 6.45) is 0.739. The number of aryl methyl sites for hydroxylation is 1. The zero-order chi connectivity index (χ0) is 17.3. The predicted octanol–water partition coefficient (Wildman–Crippen LogP) is 2.85. The van der Waals surface area contributed by atoms with Gasteiger partial charge < -0.3 is 4.90 Å². The summed E-state index contributed by atoms with van der Waals surface area (Å²) in [5.41, 5.74) is 4.23. The molecule has 3 rings (SSSR count). The molecule has 0 unspecified atom stereocenters. The molecule has 2 aromatic carbocycles. The van der Waals surface area contributed by atoms with Crippen molar-refractivity contribution in [1.82, 2.24) is 0 Å². The van der Waals surface area contributed by atoms with Crippen molar-refractivity contribution in [2.45, 2.75) is 26.0 Å². The molecule has 126 valence electrons. The molecule has 0 spiro atoms. The summed E-state index contributed by atoms with van der Waals surface area (Å²) >= 11 is 0. The van der Waals surface area contributed by atoms with Crippen LogP contribution in [0.5, 0.6) is 0 Å². The zero-order valence-corrected chi connectivity index (χ0v) is 14.6. The second kappa shape index (κ2) is 6.28. The smallest absolute Gasteiger partial charge is 0.236 e. The van der Waals surface area contributed by atoms with Gasteiger partial charge in [0.15, 0.2) is 0 Å². The molecule has 0 saturated carbocycles. The first-order valence-electron chi connectivity index (χ1n) is 7.81. The van der Waals surface area contributed by atoms with Crippen molar-refractivity contribution in [1.29, 1.82) is 0 Å². The van der Waals surface area contributed by atoms with Gasteiger partial charge in [-0.3, -0.25) is 9.52 Å². The van der Waals surface area contributed by atoms with Crippen molar-refractivity contribution in [3.8, 4) is 0 Å². The van der Waals surface area contributed by atoms with Crippen LogP contribution in [0.4, 0.5) is 11.4 Å². The molecule has 0 radical (unpaired) electrons. The number of sulfonamides is 1. The number of anilines is 2. The Morgan fingerprint density at radius 1 is 1.17 bits per heavy atom. The summed E-state index contributed by atoms with van der Waals surface area (Å²) in [4.78, 5) is 13.3. The molecular formula is C18H20N2O3S. The van der Waals surface area contributed by atoms with Crippen LogP contribution >= 0.6 is 0 Å². The van der Waals surface area contributed by atoms with Crippen molar-refractivity contribution < 1.29 is 13.2 Å². The first-order chi connectivity index (χ1) is 11.3. The fraction of sp³-hybridized carbons (Fsp3) is 0.278. The average molecular weight is 344 g/mol. The fourth-order valence-corrected chi connectivity index (χ4v) is 4.10. The third-order valence-corrected chi connectivity index (χ3v) is 5.37. The Hall–Kier alpha value is -2.34. The minimum absolute atomic E-state index is 0.00134. The molecule has 0 saturated heterocycles. The zero-order valence-electron chi connectivity index (χ0n) is 13.7. The minimum Gasteiger partial charge on any atom is -0.312 e. The molecule has 5 nitrogen and oxygen atoms in total. The van der Waals surface area contributed by atoms with Gasteiger partial charge >= 0.3 is 0 Å². The van der Waals surface area contributed by atoms with Gasteiger partial charge in [-0.2, -0.15) is 0 Å². The number of amides is 1. The number of nitrogens with zero attached hydrogens (tertiary/aromatic N) is 1. The molecule has 24 heavy (non-hydrogen) atoms. The average Bonchev–Trinajstić information content (AvgIpc) is 2.92. The standard InChI is InChI=1S/C18H20N2O3S/c1-13-3-5-15(6-4-13)12-24(22,23)19-17-7-8-18-16(11-17)9-10-20(18)14(2)21/h3-8,11,19H,9-10,12H2,1-2H3. The molecule has 0 aromatic heterocycles. The Balaban J connectivity index is 1.76. The third-order valence-electron chi connectivity index (χ3n) is 4.11. The van der Waals surface area contributed by atoms with E-state index in [1.165, 1.54) is 6.92 Å². The van der Waals surface area contributed by atoms with E-state index in [2.05, 4.69) is 4.72 Å². The van der Waals surface area contributed by atoms with Gasteiger partial charge in [0.2, 0.25) is 15.9 Å². The number of rotatable bonds is 4. The molecule has 1 amide bonds. The van der Waals surface area contributed by atoms with E-state index in [1.807, 2.05) is 37.3 Å². The Labute approximate surface area is 142 Å². The first-order valence-corrected chi connectivity index (χ1v) is 9.46. The summed E-state index contributed by atoms with van der Waals surface area (Å²) < 4.78 is 27.3. The predicted molar refractivity (Wildman–Crippen MR) is 95.6 cm³/mol. The maximum absolute atomic E-state index is 12.4. The van der Waals surface area contributed by atoms with E-state index in [9.17, 15) is 13.2 Å². The van der Waals surface area contributed by atoms with Crippen molar-refractivity contribution in [2.24, 2.45) is 0 Å². The van der Waals surface area contributed by atoms with Crippen molar-refractivity contribution in [3.05, 3.63) is 59.2 Å². The second-order valence-electron chi connectivity index (χ2n) is 6.11. The van der Waals surface area contributed by atoms with Gasteiger partial charge in [-0.15, -0.1) is 0 Å². The van der Waals surface area contributed by atoms with E-state index in [1.54, 1.807) is 17.0 Å². The van der Waals surface area contributed by atoms with Crippen molar-refractivity contribution >= 4 is 27.3 Å². The van der Waals surface area contributed by atoms with Gasteiger partial charge in [0.25, 0.3) is 0 Å². The number of hydrogen-bond acceptors (Lipinski definition) is 3. The van der Waals surface area contributed by atoms with Crippen LogP contribution in [0.2, 0.25) is 0 Å². The minimum atomic E-state index is -3.48. The van der Waals surface area contributed by atoms with Crippen LogP contribution in [-0.2, 0) is 27.0 Å². The maximum Gasteiger partial charge on any atom is 0.236 e. The third kappa shape index (κ3) is 3.59. The van der Waals surface area contributed by atoms with Gasteiger partial charge in [-0.25, -0.2) is 8.42 Å². The largest absolute Gasteiger partial charge is 0.312 e. The van der Waals surface area contributed by atoms with Crippen LogP contribution in [0.15, 0.2) is 42.5 Å². The SMILES string of the molecule is CC(=O)N1CCc2cc(NS(=O)(=O)Cc3ccc(C)cc3)ccc21. The van der Waals surface area contributed by atoms with E-state index in [-0.39, 0.29) is 11.7 Å². The molecule has 1 heterocycles. The highest BCUT2D eigenvalue weighted by molar-refractivity contribution is 7.91. The van der Waals surface area contributed by atoms with Crippen LogP contribution in [0.25, 0.3) is 0 Å². The molecule has 0 aliphatic carbocycles. The molecule has 0 atom stereocenters. The molecule has 1 aliphatic rings. The van der Waals surface area contributed by atoms with Crippen LogP contribution < -0.4 is 9.62 Å². The molecule has 0 fully saturated rings. The lowest BCUT2D eigenvalue weighted by atomic mass is 10.1. The Morgan fingerprint density at radius 3 is 2.54 bits per heavy atom. The summed E-state index contributed by atoms with van der Waals surface area (Å²) in [7, 11) is -3.48. The van der Waals surface area contributed by atoms with Crippen LogP contribution in [-0.4, -0.2) is 20.9 Å². The maximum atomic E-state index is 12.4. The van der Waals surface area contributed by atoms with E-state index in [4.69, 9.17) is 0 Å². The summed E-state index contributed by atoms with van der Waals surface area (Å²) in [6.45, 7) is 4.14. The highest BCUT2D eigenvalue weighted by Gasteiger charge is 2.22.